The number of unbranched alkanes of at least 4 members (excludes halogenated alkanes) is 3. The van der Waals surface area contributed by atoms with Crippen molar-refractivity contribution in [1.29, 1.82) is 0 Å². The lowest BCUT2D eigenvalue weighted by Gasteiger charge is -2.25. The molecule has 2 aromatic carbocycles. The van der Waals surface area contributed by atoms with Crippen LogP contribution in [0.1, 0.15) is 74.0 Å². The Labute approximate surface area is 195 Å². The molecule has 1 saturated carbocycles. The number of alkyl halides is 2. The zero-order chi connectivity index (χ0) is 22.2. The quantitative estimate of drug-likeness (QED) is 0.284. The minimum absolute atomic E-state index is 0.0248. The van der Waals surface area contributed by atoms with Gasteiger partial charge in [-0.15, -0.1) is 23.2 Å². The van der Waals surface area contributed by atoms with Crippen LogP contribution in [0.2, 0.25) is 0 Å². The first kappa shape index (κ1) is 23.9. The Morgan fingerprint density at radius 3 is 2.39 bits per heavy atom. The summed E-state index contributed by atoms with van der Waals surface area (Å²) in [7, 11) is 0. The summed E-state index contributed by atoms with van der Waals surface area (Å²) in [5, 5.41) is 8.73. The predicted molar refractivity (Wildman–Crippen MR) is 128 cm³/mol. The van der Waals surface area contributed by atoms with Crippen LogP contribution in [-0.2, 0) is 11.2 Å². The molecule has 3 rings (SSSR count). The molecule has 2 aromatic rings. The van der Waals surface area contributed by atoms with E-state index in [2.05, 4.69) is 37.3 Å². The van der Waals surface area contributed by atoms with Crippen molar-refractivity contribution in [3.05, 3.63) is 65.2 Å². The maximum atomic E-state index is 10.7. The molecule has 168 valence electrons. The number of benzene rings is 2. The van der Waals surface area contributed by atoms with Gasteiger partial charge in [0.2, 0.25) is 0 Å². The van der Waals surface area contributed by atoms with Crippen molar-refractivity contribution >= 4 is 29.2 Å². The van der Waals surface area contributed by atoms with Crippen LogP contribution in [0, 0.1) is 0 Å². The molecule has 1 aliphatic rings. The molecule has 4 unspecified atom stereocenters. The highest BCUT2D eigenvalue weighted by Gasteiger charge is 2.43. The second-order valence-electron chi connectivity index (χ2n) is 8.44. The van der Waals surface area contributed by atoms with Crippen molar-refractivity contribution < 1.29 is 14.6 Å². The number of rotatable bonds is 11. The third kappa shape index (κ3) is 6.63. The lowest BCUT2D eigenvalue weighted by Crippen LogP contribution is -2.15. The zero-order valence-corrected chi connectivity index (χ0v) is 19.6. The van der Waals surface area contributed by atoms with Crippen LogP contribution in [0.4, 0.5) is 0 Å². The molecule has 3 nitrogen and oxygen atoms in total. The molecule has 0 amide bonds. The molecule has 0 aromatic heterocycles. The highest BCUT2D eigenvalue weighted by molar-refractivity contribution is 6.25. The van der Waals surface area contributed by atoms with Crippen molar-refractivity contribution in [2.45, 2.75) is 74.5 Å². The van der Waals surface area contributed by atoms with Crippen molar-refractivity contribution in [3.63, 3.8) is 0 Å². The summed E-state index contributed by atoms with van der Waals surface area (Å²) in [4.78, 5) is 10.7. The fourth-order valence-corrected chi connectivity index (χ4v) is 5.60. The molecule has 1 aliphatic carbocycles. The normalized spacial score (nSPS) is 23.1. The van der Waals surface area contributed by atoms with Gasteiger partial charge in [0.05, 0.1) is 13.0 Å². The minimum Gasteiger partial charge on any atom is -0.493 e. The lowest BCUT2D eigenvalue weighted by molar-refractivity contribution is -0.137. The molecule has 1 N–H and O–H groups in total. The van der Waals surface area contributed by atoms with E-state index >= 15 is 0 Å². The lowest BCUT2D eigenvalue weighted by atomic mass is 9.83. The second kappa shape index (κ2) is 11.8. The molecular weight excluding hydrogens is 431 g/mol. The Morgan fingerprint density at radius 1 is 1.00 bits per heavy atom. The molecule has 0 bridgehead atoms. The van der Waals surface area contributed by atoms with Crippen molar-refractivity contribution in [1.82, 2.24) is 0 Å². The van der Waals surface area contributed by atoms with Gasteiger partial charge in [0, 0.05) is 22.6 Å². The van der Waals surface area contributed by atoms with Crippen molar-refractivity contribution in [2.75, 3.05) is 6.61 Å². The van der Waals surface area contributed by atoms with Gasteiger partial charge in [0.15, 0.2) is 0 Å². The first-order valence-electron chi connectivity index (χ1n) is 11.3. The van der Waals surface area contributed by atoms with E-state index in [9.17, 15) is 4.79 Å². The number of aryl methyl sites for hydroxylation is 1. The number of aliphatic carboxylic acids is 1. The zero-order valence-electron chi connectivity index (χ0n) is 18.1. The van der Waals surface area contributed by atoms with Gasteiger partial charge in [-0.25, -0.2) is 0 Å². The van der Waals surface area contributed by atoms with Gasteiger partial charge in [0.1, 0.15) is 5.75 Å². The molecule has 0 saturated heterocycles. The summed E-state index contributed by atoms with van der Waals surface area (Å²) < 4.78 is 5.63. The maximum absolute atomic E-state index is 10.7. The van der Waals surface area contributed by atoms with Gasteiger partial charge in [-0.2, -0.15) is 0 Å². The van der Waals surface area contributed by atoms with Gasteiger partial charge < -0.3 is 9.84 Å². The monoisotopic (exact) mass is 462 g/mol. The van der Waals surface area contributed by atoms with E-state index in [0.717, 1.165) is 18.4 Å². The van der Waals surface area contributed by atoms with Gasteiger partial charge in [-0.3, -0.25) is 4.79 Å². The smallest absolute Gasteiger partial charge is 0.306 e. The molecule has 5 heteroatoms. The van der Waals surface area contributed by atoms with Crippen molar-refractivity contribution in [2.24, 2.45) is 0 Å². The van der Waals surface area contributed by atoms with Gasteiger partial charge in [0.25, 0.3) is 0 Å². The molecule has 0 aliphatic heterocycles. The molecule has 0 heterocycles. The van der Waals surface area contributed by atoms with Crippen LogP contribution in [0.15, 0.2) is 48.5 Å². The summed E-state index contributed by atoms with van der Waals surface area (Å²) in [5.41, 5.74) is 3.68. The van der Waals surface area contributed by atoms with E-state index in [1.54, 1.807) is 0 Å². The molecular formula is C26H32Cl2O3. The summed E-state index contributed by atoms with van der Waals surface area (Å²) in [6.45, 7) is 2.38. The Hall–Kier alpha value is -1.71. The third-order valence-corrected chi connectivity index (χ3v) is 7.03. The van der Waals surface area contributed by atoms with E-state index in [1.807, 2.05) is 18.2 Å². The number of ether oxygens (including phenoxy) is 1. The van der Waals surface area contributed by atoms with E-state index in [0.29, 0.717) is 5.75 Å². The number of carboxylic acids is 1. The van der Waals surface area contributed by atoms with Crippen molar-refractivity contribution in [3.8, 4) is 5.75 Å². The number of carboxylic acid groups (broad SMARTS) is 1. The highest BCUT2D eigenvalue weighted by atomic mass is 35.5. The Morgan fingerprint density at radius 2 is 1.71 bits per heavy atom. The van der Waals surface area contributed by atoms with Crippen LogP contribution in [0.5, 0.6) is 5.75 Å². The first-order valence-corrected chi connectivity index (χ1v) is 12.2. The maximum Gasteiger partial charge on any atom is 0.306 e. The summed E-state index contributed by atoms with van der Waals surface area (Å²) in [6, 6.07) is 16.7. The summed E-state index contributed by atoms with van der Waals surface area (Å²) >= 11 is 13.6. The standard InChI is InChI=1S/C26H32Cl2O3/c1-2-3-4-5-7-18-10-12-19(13-11-18)25-22(27)17-23(28)26(25)20-8-6-9-21(16-20)31-15-14-24(29)30/h6,8-13,16,22-23,25-26H,2-5,7,14-15,17H2,1H3,(H,29,30). The van der Waals surface area contributed by atoms with Crippen LogP contribution in [0.3, 0.4) is 0 Å². The summed E-state index contributed by atoms with van der Waals surface area (Å²) in [6.07, 6.45) is 6.91. The van der Waals surface area contributed by atoms with E-state index in [-0.39, 0.29) is 35.6 Å². The topological polar surface area (TPSA) is 46.5 Å². The van der Waals surface area contributed by atoms with Crippen LogP contribution < -0.4 is 4.74 Å². The van der Waals surface area contributed by atoms with E-state index in [1.165, 1.54) is 36.8 Å². The molecule has 4 atom stereocenters. The second-order valence-corrected chi connectivity index (χ2v) is 9.56. The SMILES string of the molecule is CCCCCCc1ccc(C2C(Cl)CC(Cl)C2c2cccc(OCCC(=O)O)c2)cc1. The Balaban J connectivity index is 1.73. The summed E-state index contributed by atoms with van der Waals surface area (Å²) in [5.74, 6) is 0.0172. The van der Waals surface area contributed by atoms with Crippen LogP contribution >= 0.6 is 23.2 Å². The number of carbonyl (C=O) groups is 1. The largest absolute Gasteiger partial charge is 0.493 e. The molecule has 0 spiro atoms. The van der Waals surface area contributed by atoms with Crippen LogP contribution in [-0.4, -0.2) is 28.4 Å². The Kier molecular flexibility index (Phi) is 9.10. The number of hydrogen-bond donors (Lipinski definition) is 1. The number of hydrogen-bond acceptors (Lipinski definition) is 2. The molecule has 0 radical (unpaired) electrons. The van der Waals surface area contributed by atoms with Gasteiger partial charge in [-0.1, -0.05) is 62.6 Å². The fourth-order valence-electron chi connectivity index (χ4n) is 4.52. The first-order chi connectivity index (χ1) is 15.0. The van der Waals surface area contributed by atoms with Gasteiger partial charge >= 0.3 is 5.97 Å². The van der Waals surface area contributed by atoms with Crippen LogP contribution in [0.25, 0.3) is 0 Å². The molecule has 31 heavy (non-hydrogen) atoms. The van der Waals surface area contributed by atoms with E-state index < -0.39 is 5.97 Å². The number of halogens is 2. The Bertz CT molecular complexity index is 837. The molecule has 1 fully saturated rings. The third-order valence-electron chi connectivity index (χ3n) is 6.13. The predicted octanol–water partition coefficient (Wildman–Crippen LogP) is 7.15. The minimum atomic E-state index is -0.869. The van der Waals surface area contributed by atoms with Gasteiger partial charge in [-0.05, 0) is 48.1 Å². The van der Waals surface area contributed by atoms with E-state index in [4.69, 9.17) is 33.0 Å². The average molecular weight is 463 g/mol. The average Bonchev–Trinajstić information content (AvgIpc) is 3.05. The fraction of sp³-hybridized carbons (Fsp3) is 0.500. The highest BCUT2D eigenvalue weighted by Crippen LogP contribution is 2.51.